The third kappa shape index (κ3) is 4.97. The summed E-state index contributed by atoms with van der Waals surface area (Å²) in [6, 6.07) is 3.56. The summed E-state index contributed by atoms with van der Waals surface area (Å²) in [5.41, 5.74) is 0. The Hall–Kier alpha value is -0.590. The average molecular weight is 350 g/mol. The molecule has 0 saturated heterocycles. The molecule has 2 rings (SSSR count). The molecule has 0 spiro atoms. The first kappa shape index (κ1) is 16.8. The fourth-order valence-corrected chi connectivity index (χ4v) is 5.53. The van der Waals surface area contributed by atoms with Gasteiger partial charge in [-0.25, -0.2) is 8.42 Å². The normalized spacial score (nSPS) is 16.9. The number of rotatable bonds is 5. The lowest BCUT2D eigenvalue weighted by molar-refractivity contribution is -0.129. The molecule has 0 bridgehead atoms. The number of nitrogens with zero attached hydrogens (tertiary/aromatic N) is 1. The largest absolute Gasteiger partial charge is 0.342 e. The van der Waals surface area contributed by atoms with Crippen molar-refractivity contribution in [1.29, 1.82) is 0 Å². The number of thiophene rings is 1. The third-order valence-electron chi connectivity index (χ3n) is 3.85. The predicted octanol–water partition coefficient (Wildman–Crippen LogP) is 3.11. The summed E-state index contributed by atoms with van der Waals surface area (Å²) in [5, 5.41) is 0. The fourth-order valence-electron chi connectivity index (χ4n) is 2.66. The Morgan fingerprint density at radius 3 is 2.57 bits per heavy atom. The SMILES string of the molecule is CN(C(=O)CS(=O)(=O)Cc1ccc(Cl)s1)C1CCCCC1. The van der Waals surface area contributed by atoms with Crippen molar-refractivity contribution in [3.05, 3.63) is 21.3 Å². The van der Waals surface area contributed by atoms with Crippen LogP contribution in [0.1, 0.15) is 37.0 Å². The zero-order valence-electron chi connectivity index (χ0n) is 12.0. The minimum Gasteiger partial charge on any atom is -0.342 e. The summed E-state index contributed by atoms with van der Waals surface area (Å²) in [6.45, 7) is 0. The van der Waals surface area contributed by atoms with Crippen LogP contribution in [-0.2, 0) is 20.4 Å². The average Bonchev–Trinajstić information content (AvgIpc) is 2.82. The van der Waals surface area contributed by atoms with E-state index in [1.165, 1.54) is 17.8 Å². The molecule has 1 aliphatic carbocycles. The smallest absolute Gasteiger partial charge is 0.237 e. The van der Waals surface area contributed by atoms with Crippen LogP contribution in [-0.4, -0.2) is 38.1 Å². The molecule has 1 amide bonds. The number of halogens is 1. The third-order valence-corrected chi connectivity index (χ3v) is 6.70. The van der Waals surface area contributed by atoms with Crippen molar-refractivity contribution < 1.29 is 13.2 Å². The van der Waals surface area contributed by atoms with E-state index < -0.39 is 15.6 Å². The summed E-state index contributed by atoms with van der Waals surface area (Å²) in [7, 11) is -1.73. The Labute approximate surface area is 135 Å². The number of carbonyl (C=O) groups excluding carboxylic acids is 1. The molecular formula is C14H20ClNO3S2. The first-order valence-corrected chi connectivity index (χ1v) is 10.1. The lowest BCUT2D eigenvalue weighted by Crippen LogP contribution is -2.41. The van der Waals surface area contributed by atoms with Gasteiger partial charge in [0.15, 0.2) is 9.84 Å². The summed E-state index contributed by atoms with van der Waals surface area (Å²) < 4.78 is 24.8. The van der Waals surface area contributed by atoms with Crippen LogP contribution >= 0.6 is 22.9 Å². The number of hydrogen-bond donors (Lipinski definition) is 0. The van der Waals surface area contributed by atoms with Gasteiger partial charge in [0.2, 0.25) is 5.91 Å². The second-order valence-corrected chi connectivity index (χ2v) is 9.40. The quantitative estimate of drug-likeness (QED) is 0.820. The number of hydrogen-bond acceptors (Lipinski definition) is 4. The minimum absolute atomic E-state index is 0.116. The van der Waals surface area contributed by atoms with Crippen molar-refractivity contribution in [3.8, 4) is 0 Å². The van der Waals surface area contributed by atoms with Crippen LogP contribution in [0.2, 0.25) is 4.34 Å². The van der Waals surface area contributed by atoms with E-state index in [9.17, 15) is 13.2 Å². The Morgan fingerprint density at radius 1 is 1.33 bits per heavy atom. The Balaban J connectivity index is 1.93. The summed E-state index contributed by atoms with van der Waals surface area (Å²) in [6.07, 6.45) is 5.38. The monoisotopic (exact) mass is 349 g/mol. The van der Waals surface area contributed by atoms with Crippen molar-refractivity contribution in [1.82, 2.24) is 4.90 Å². The van der Waals surface area contributed by atoms with Crippen LogP contribution in [0.5, 0.6) is 0 Å². The van der Waals surface area contributed by atoms with E-state index in [0.29, 0.717) is 9.21 Å². The lowest BCUT2D eigenvalue weighted by Gasteiger charge is -2.31. The van der Waals surface area contributed by atoms with E-state index in [4.69, 9.17) is 11.6 Å². The molecule has 0 atom stereocenters. The van der Waals surface area contributed by atoms with Gasteiger partial charge in [-0.2, -0.15) is 0 Å². The summed E-state index contributed by atoms with van der Waals surface area (Å²) >= 11 is 7.04. The molecular weight excluding hydrogens is 330 g/mol. The van der Waals surface area contributed by atoms with Gasteiger partial charge < -0.3 is 4.90 Å². The lowest BCUT2D eigenvalue weighted by atomic mass is 9.94. The van der Waals surface area contributed by atoms with Gasteiger partial charge in [-0.3, -0.25) is 4.79 Å². The number of amides is 1. The van der Waals surface area contributed by atoms with Crippen LogP contribution < -0.4 is 0 Å². The Bertz CT molecular complexity index is 591. The fraction of sp³-hybridized carbons (Fsp3) is 0.643. The maximum Gasteiger partial charge on any atom is 0.237 e. The highest BCUT2D eigenvalue weighted by Crippen LogP contribution is 2.24. The maximum absolute atomic E-state index is 12.2. The molecule has 1 aliphatic rings. The van der Waals surface area contributed by atoms with Crippen LogP contribution in [0.15, 0.2) is 12.1 Å². The van der Waals surface area contributed by atoms with Crippen molar-refractivity contribution in [2.24, 2.45) is 0 Å². The molecule has 7 heteroatoms. The number of sulfone groups is 1. The molecule has 1 fully saturated rings. The van der Waals surface area contributed by atoms with Gasteiger partial charge in [0.25, 0.3) is 0 Å². The molecule has 1 aromatic rings. The van der Waals surface area contributed by atoms with Gasteiger partial charge in [0.05, 0.1) is 10.1 Å². The van der Waals surface area contributed by atoms with E-state index in [0.717, 1.165) is 25.7 Å². The van der Waals surface area contributed by atoms with E-state index in [1.807, 2.05) is 0 Å². The second kappa shape index (κ2) is 7.11. The van der Waals surface area contributed by atoms with Crippen molar-refractivity contribution >= 4 is 38.7 Å². The van der Waals surface area contributed by atoms with Crippen molar-refractivity contribution in [3.63, 3.8) is 0 Å². The molecule has 1 saturated carbocycles. The summed E-state index contributed by atoms with van der Waals surface area (Å²) in [5.74, 6) is -0.839. The van der Waals surface area contributed by atoms with Gasteiger partial charge in [-0.1, -0.05) is 30.9 Å². The van der Waals surface area contributed by atoms with Crippen LogP contribution in [0.4, 0.5) is 0 Å². The van der Waals surface area contributed by atoms with Crippen LogP contribution in [0, 0.1) is 0 Å². The van der Waals surface area contributed by atoms with Gasteiger partial charge in [-0.05, 0) is 25.0 Å². The van der Waals surface area contributed by atoms with Gasteiger partial charge in [0.1, 0.15) is 5.75 Å². The molecule has 1 aromatic heterocycles. The molecule has 0 radical (unpaired) electrons. The van der Waals surface area contributed by atoms with E-state index >= 15 is 0 Å². The Kier molecular flexibility index (Phi) is 5.68. The van der Waals surface area contributed by atoms with Gasteiger partial charge in [0, 0.05) is 18.0 Å². The Morgan fingerprint density at radius 2 is 2.00 bits per heavy atom. The zero-order chi connectivity index (χ0) is 15.5. The molecule has 118 valence electrons. The van der Waals surface area contributed by atoms with E-state index in [-0.39, 0.29) is 17.7 Å². The molecule has 0 aliphatic heterocycles. The standard InChI is InChI=1S/C14H20ClNO3S2/c1-16(11-5-3-2-4-6-11)14(17)10-21(18,19)9-12-7-8-13(15)20-12/h7-8,11H,2-6,9-10H2,1H3. The highest BCUT2D eigenvalue weighted by Gasteiger charge is 2.26. The molecule has 4 nitrogen and oxygen atoms in total. The molecule has 0 N–H and O–H groups in total. The predicted molar refractivity (Wildman–Crippen MR) is 86.5 cm³/mol. The van der Waals surface area contributed by atoms with Crippen molar-refractivity contribution in [2.75, 3.05) is 12.8 Å². The summed E-state index contributed by atoms with van der Waals surface area (Å²) in [4.78, 5) is 14.5. The highest BCUT2D eigenvalue weighted by atomic mass is 35.5. The molecule has 1 heterocycles. The first-order valence-electron chi connectivity index (χ1n) is 7.08. The topological polar surface area (TPSA) is 54.5 Å². The highest BCUT2D eigenvalue weighted by molar-refractivity contribution is 7.91. The van der Waals surface area contributed by atoms with Crippen molar-refractivity contribution in [2.45, 2.75) is 43.9 Å². The molecule has 0 aromatic carbocycles. The van der Waals surface area contributed by atoms with Crippen LogP contribution in [0.25, 0.3) is 0 Å². The minimum atomic E-state index is -3.44. The maximum atomic E-state index is 12.2. The van der Waals surface area contributed by atoms with Gasteiger partial charge >= 0.3 is 0 Å². The van der Waals surface area contributed by atoms with Crippen LogP contribution in [0.3, 0.4) is 0 Å². The molecule has 0 unspecified atom stereocenters. The number of carbonyl (C=O) groups is 1. The van der Waals surface area contributed by atoms with E-state index in [1.54, 1.807) is 24.1 Å². The molecule has 21 heavy (non-hydrogen) atoms. The van der Waals surface area contributed by atoms with Gasteiger partial charge in [-0.15, -0.1) is 11.3 Å². The zero-order valence-corrected chi connectivity index (χ0v) is 14.4. The van der Waals surface area contributed by atoms with E-state index in [2.05, 4.69) is 0 Å². The first-order chi connectivity index (χ1) is 9.87. The second-order valence-electron chi connectivity index (χ2n) is 5.53.